The summed E-state index contributed by atoms with van der Waals surface area (Å²) in [7, 11) is 0. The highest BCUT2D eigenvalue weighted by atomic mass is 16.4. The van der Waals surface area contributed by atoms with Gasteiger partial charge in [0, 0.05) is 19.0 Å². The molecular formula is C18H25NO3. The van der Waals surface area contributed by atoms with E-state index in [2.05, 4.69) is 0 Å². The number of carbonyl (C=O) groups is 2. The summed E-state index contributed by atoms with van der Waals surface area (Å²) in [5.74, 6) is -0.601. The van der Waals surface area contributed by atoms with Crippen molar-refractivity contribution in [3.8, 4) is 0 Å². The van der Waals surface area contributed by atoms with Crippen molar-refractivity contribution in [2.24, 2.45) is 5.92 Å². The van der Waals surface area contributed by atoms with E-state index in [-0.39, 0.29) is 18.2 Å². The zero-order valence-corrected chi connectivity index (χ0v) is 13.0. The van der Waals surface area contributed by atoms with E-state index in [0.29, 0.717) is 13.1 Å². The van der Waals surface area contributed by atoms with Crippen LogP contribution in [0.15, 0.2) is 30.3 Å². The molecule has 4 nitrogen and oxygen atoms in total. The van der Waals surface area contributed by atoms with Gasteiger partial charge in [-0.25, -0.2) is 0 Å². The molecule has 1 amide bonds. The summed E-state index contributed by atoms with van der Waals surface area (Å²) in [4.78, 5) is 25.3. The van der Waals surface area contributed by atoms with Gasteiger partial charge in [-0.05, 0) is 24.8 Å². The summed E-state index contributed by atoms with van der Waals surface area (Å²) < 4.78 is 0. The second kappa shape index (κ2) is 8.57. The van der Waals surface area contributed by atoms with Crippen LogP contribution in [-0.2, 0) is 16.0 Å². The van der Waals surface area contributed by atoms with Crippen LogP contribution in [0.1, 0.15) is 44.1 Å². The maximum absolute atomic E-state index is 12.7. The molecular weight excluding hydrogens is 278 g/mol. The number of benzene rings is 1. The molecule has 2 rings (SSSR count). The summed E-state index contributed by atoms with van der Waals surface area (Å²) in [6.45, 7) is 0.921. The number of carboxylic acid groups (broad SMARTS) is 1. The van der Waals surface area contributed by atoms with Crippen LogP contribution in [0.3, 0.4) is 0 Å². The molecule has 1 aromatic rings. The monoisotopic (exact) mass is 303 g/mol. The fourth-order valence-electron chi connectivity index (χ4n) is 3.08. The van der Waals surface area contributed by atoms with Crippen LogP contribution in [-0.4, -0.2) is 35.0 Å². The van der Waals surface area contributed by atoms with Crippen LogP contribution in [0.5, 0.6) is 0 Å². The molecule has 0 heterocycles. The van der Waals surface area contributed by atoms with Crippen molar-refractivity contribution >= 4 is 11.9 Å². The van der Waals surface area contributed by atoms with Gasteiger partial charge in [0.25, 0.3) is 0 Å². The lowest BCUT2D eigenvalue weighted by atomic mass is 9.88. The van der Waals surface area contributed by atoms with Gasteiger partial charge < -0.3 is 10.0 Å². The van der Waals surface area contributed by atoms with Gasteiger partial charge >= 0.3 is 5.97 Å². The summed E-state index contributed by atoms with van der Waals surface area (Å²) in [5, 5.41) is 8.90. The zero-order chi connectivity index (χ0) is 15.8. The molecule has 0 saturated heterocycles. The minimum Gasteiger partial charge on any atom is -0.481 e. The normalized spacial score (nSPS) is 15.5. The van der Waals surface area contributed by atoms with E-state index >= 15 is 0 Å². The Morgan fingerprint density at radius 3 is 2.36 bits per heavy atom. The van der Waals surface area contributed by atoms with E-state index < -0.39 is 5.97 Å². The smallest absolute Gasteiger partial charge is 0.305 e. The predicted molar refractivity (Wildman–Crippen MR) is 85.6 cm³/mol. The van der Waals surface area contributed by atoms with Gasteiger partial charge in [-0.2, -0.15) is 0 Å². The first-order valence-corrected chi connectivity index (χ1v) is 8.21. The summed E-state index contributed by atoms with van der Waals surface area (Å²) in [5.41, 5.74) is 1.18. The van der Waals surface area contributed by atoms with Gasteiger partial charge in [0.1, 0.15) is 0 Å². The zero-order valence-electron chi connectivity index (χ0n) is 13.0. The van der Waals surface area contributed by atoms with Crippen molar-refractivity contribution in [1.82, 2.24) is 4.90 Å². The number of rotatable bonds is 7. The number of hydrogen-bond donors (Lipinski definition) is 1. The van der Waals surface area contributed by atoms with E-state index in [1.165, 1.54) is 12.0 Å². The van der Waals surface area contributed by atoms with Crippen LogP contribution in [0.4, 0.5) is 0 Å². The van der Waals surface area contributed by atoms with E-state index in [1.54, 1.807) is 4.90 Å². The van der Waals surface area contributed by atoms with Gasteiger partial charge in [0.05, 0.1) is 6.42 Å². The first-order chi connectivity index (χ1) is 10.7. The lowest BCUT2D eigenvalue weighted by molar-refractivity contribution is -0.140. The van der Waals surface area contributed by atoms with Crippen LogP contribution in [0.2, 0.25) is 0 Å². The second-order valence-corrected chi connectivity index (χ2v) is 6.04. The lowest BCUT2D eigenvalue weighted by Gasteiger charge is -2.29. The Morgan fingerprint density at radius 1 is 1.05 bits per heavy atom. The third-order valence-electron chi connectivity index (χ3n) is 4.37. The molecule has 22 heavy (non-hydrogen) atoms. The maximum Gasteiger partial charge on any atom is 0.305 e. The predicted octanol–water partition coefficient (Wildman–Crippen LogP) is 3.11. The van der Waals surface area contributed by atoms with E-state index in [9.17, 15) is 9.59 Å². The third kappa shape index (κ3) is 5.17. The minimum absolute atomic E-state index is 0.0211. The van der Waals surface area contributed by atoms with Gasteiger partial charge in [-0.1, -0.05) is 49.6 Å². The number of amides is 1. The molecule has 1 aliphatic rings. The molecule has 1 aromatic carbocycles. The fraction of sp³-hybridized carbons (Fsp3) is 0.556. The molecule has 1 N–H and O–H groups in total. The molecule has 0 atom stereocenters. The number of hydrogen-bond acceptors (Lipinski definition) is 2. The van der Waals surface area contributed by atoms with Crippen LogP contribution in [0, 0.1) is 5.92 Å². The first kappa shape index (κ1) is 16.5. The molecule has 0 spiro atoms. The van der Waals surface area contributed by atoms with Crippen LogP contribution < -0.4 is 0 Å². The summed E-state index contributed by atoms with van der Waals surface area (Å²) >= 11 is 0. The Bertz CT molecular complexity index is 480. The van der Waals surface area contributed by atoms with Crippen molar-refractivity contribution in [2.45, 2.75) is 44.9 Å². The summed E-state index contributed by atoms with van der Waals surface area (Å²) in [6.07, 6.45) is 6.14. The van der Waals surface area contributed by atoms with Crippen molar-refractivity contribution in [2.75, 3.05) is 13.1 Å². The number of aliphatic carboxylic acids is 1. The number of carbonyl (C=O) groups excluding carboxylic acids is 1. The van der Waals surface area contributed by atoms with E-state index in [0.717, 1.165) is 32.1 Å². The molecule has 0 bridgehead atoms. The Labute approximate surface area is 132 Å². The first-order valence-electron chi connectivity index (χ1n) is 8.21. The number of carboxylic acids is 1. The Hall–Kier alpha value is -1.84. The average molecular weight is 303 g/mol. The summed E-state index contributed by atoms with van der Waals surface area (Å²) in [6, 6.07) is 10.0. The maximum atomic E-state index is 12.7. The fourth-order valence-corrected chi connectivity index (χ4v) is 3.08. The van der Waals surface area contributed by atoms with Crippen molar-refractivity contribution in [1.29, 1.82) is 0 Å². The molecule has 1 aliphatic carbocycles. The van der Waals surface area contributed by atoms with Crippen LogP contribution in [0.25, 0.3) is 0 Å². The topological polar surface area (TPSA) is 57.6 Å². The second-order valence-electron chi connectivity index (χ2n) is 6.04. The van der Waals surface area contributed by atoms with Crippen molar-refractivity contribution < 1.29 is 14.7 Å². The van der Waals surface area contributed by atoms with Gasteiger partial charge in [0.2, 0.25) is 5.91 Å². The highest BCUT2D eigenvalue weighted by Gasteiger charge is 2.26. The molecule has 4 heteroatoms. The molecule has 0 unspecified atom stereocenters. The lowest BCUT2D eigenvalue weighted by Crippen LogP contribution is -2.39. The molecule has 0 aliphatic heterocycles. The van der Waals surface area contributed by atoms with E-state index in [4.69, 9.17) is 5.11 Å². The highest BCUT2D eigenvalue weighted by Crippen LogP contribution is 2.25. The Balaban J connectivity index is 1.94. The van der Waals surface area contributed by atoms with Crippen molar-refractivity contribution in [3.63, 3.8) is 0 Å². The standard InChI is InChI=1S/C18H25NO3/c20-17(21)12-14-19(13-11-15-7-3-1-4-8-15)18(22)16-9-5-2-6-10-16/h1,3-4,7-8,16H,2,5-6,9-14H2,(H,20,21). The third-order valence-corrected chi connectivity index (χ3v) is 4.37. The Morgan fingerprint density at radius 2 is 1.73 bits per heavy atom. The largest absolute Gasteiger partial charge is 0.481 e. The van der Waals surface area contributed by atoms with E-state index in [1.807, 2.05) is 30.3 Å². The average Bonchev–Trinajstić information content (AvgIpc) is 2.56. The molecule has 0 radical (unpaired) electrons. The SMILES string of the molecule is O=C(O)CCN(CCc1ccccc1)C(=O)C1CCCCC1. The van der Waals surface area contributed by atoms with Gasteiger partial charge in [-0.15, -0.1) is 0 Å². The number of nitrogens with zero attached hydrogens (tertiary/aromatic N) is 1. The quantitative estimate of drug-likeness (QED) is 0.842. The highest BCUT2D eigenvalue weighted by molar-refractivity contribution is 5.79. The molecule has 1 saturated carbocycles. The van der Waals surface area contributed by atoms with Crippen LogP contribution >= 0.6 is 0 Å². The van der Waals surface area contributed by atoms with Gasteiger partial charge in [-0.3, -0.25) is 9.59 Å². The molecule has 120 valence electrons. The van der Waals surface area contributed by atoms with Crippen molar-refractivity contribution in [3.05, 3.63) is 35.9 Å². The molecule has 1 fully saturated rings. The Kier molecular flexibility index (Phi) is 6.44. The molecule has 0 aromatic heterocycles. The van der Waals surface area contributed by atoms with Gasteiger partial charge in [0.15, 0.2) is 0 Å². The minimum atomic E-state index is -0.846.